The summed E-state index contributed by atoms with van der Waals surface area (Å²) in [5.41, 5.74) is -0.150. The van der Waals surface area contributed by atoms with Crippen molar-refractivity contribution in [3.8, 4) is 5.69 Å². The van der Waals surface area contributed by atoms with E-state index >= 15 is 0 Å². The van der Waals surface area contributed by atoms with Crippen LogP contribution in [-0.4, -0.2) is 51.5 Å². The minimum Gasteiger partial charge on any atom is -0.378 e. The van der Waals surface area contributed by atoms with Gasteiger partial charge in [-0.05, 0) is 42.3 Å². The van der Waals surface area contributed by atoms with E-state index in [1.165, 1.54) is 23.1 Å². The lowest BCUT2D eigenvalue weighted by Crippen LogP contribution is -2.48. The number of rotatable bonds is 4. The lowest BCUT2D eigenvalue weighted by Gasteiger charge is -2.26. The molecule has 1 aromatic heterocycles. The van der Waals surface area contributed by atoms with Gasteiger partial charge < -0.3 is 9.64 Å². The molecule has 0 spiro atoms. The van der Waals surface area contributed by atoms with Gasteiger partial charge in [0.05, 0.1) is 25.4 Å². The van der Waals surface area contributed by atoms with Gasteiger partial charge in [-0.1, -0.05) is 24.3 Å². The normalized spacial score (nSPS) is 13.9. The van der Waals surface area contributed by atoms with Crippen molar-refractivity contribution < 1.29 is 13.9 Å². The van der Waals surface area contributed by atoms with Crippen LogP contribution in [-0.2, 0) is 11.3 Å². The summed E-state index contributed by atoms with van der Waals surface area (Å²) in [6.45, 7) is 3.05. The summed E-state index contributed by atoms with van der Waals surface area (Å²) in [6.07, 6.45) is 0. The van der Waals surface area contributed by atoms with E-state index in [0.29, 0.717) is 37.6 Å². The van der Waals surface area contributed by atoms with Crippen molar-refractivity contribution in [3.05, 3.63) is 92.0 Å². The van der Waals surface area contributed by atoms with Gasteiger partial charge in [0.25, 0.3) is 11.5 Å². The quantitative estimate of drug-likeness (QED) is 0.631. The number of amides is 1. The van der Waals surface area contributed by atoms with Crippen LogP contribution in [0, 0.1) is 12.7 Å². The summed E-state index contributed by atoms with van der Waals surface area (Å²) in [6, 6.07) is 12.6. The molecule has 31 heavy (non-hydrogen) atoms. The van der Waals surface area contributed by atoms with E-state index in [-0.39, 0.29) is 12.2 Å². The summed E-state index contributed by atoms with van der Waals surface area (Å²) in [5.74, 6) is -1.05. The molecule has 160 valence electrons. The lowest BCUT2D eigenvalue weighted by atomic mass is 10.2. The van der Waals surface area contributed by atoms with Gasteiger partial charge in [0.2, 0.25) is 5.69 Å². The van der Waals surface area contributed by atoms with Crippen LogP contribution in [0.5, 0.6) is 0 Å². The van der Waals surface area contributed by atoms with Crippen molar-refractivity contribution >= 4 is 5.91 Å². The van der Waals surface area contributed by atoms with Crippen LogP contribution in [0.3, 0.4) is 0 Å². The molecule has 3 aromatic rings. The third-order valence-corrected chi connectivity index (χ3v) is 5.04. The van der Waals surface area contributed by atoms with E-state index < -0.39 is 23.0 Å². The summed E-state index contributed by atoms with van der Waals surface area (Å²) in [5, 5.41) is 4.14. The Kier molecular flexibility index (Phi) is 5.77. The van der Waals surface area contributed by atoms with Gasteiger partial charge in [-0.2, -0.15) is 9.78 Å². The Morgan fingerprint density at radius 2 is 1.84 bits per heavy atom. The molecule has 1 aliphatic rings. The maximum Gasteiger partial charge on any atom is 0.352 e. The first-order valence-corrected chi connectivity index (χ1v) is 9.87. The number of nitrogens with zero attached hydrogens (tertiary/aromatic N) is 4. The van der Waals surface area contributed by atoms with Gasteiger partial charge in [0.1, 0.15) is 5.82 Å². The van der Waals surface area contributed by atoms with Crippen molar-refractivity contribution in [1.29, 1.82) is 0 Å². The number of hydrogen-bond acceptors (Lipinski definition) is 5. The Morgan fingerprint density at radius 3 is 2.55 bits per heavy atom. The number of aromatic nitrogens is 3. The fraction of sp³-hybridized carbons (Fsp3) is 0.273. The Bertz CT molecular complexity index is 1240. The molecule has 0 saturated carbocycles. The summed E-state index contributed by atoms with van der Waals surface area (Å²) < 4.78 is 20.9. The second kappa shape index (κ2) is 8.65. The van der Waals surface area contributed by atoms with Gasteiger partial charge in [0.15, 0.2) is 0 Å². The van der Waals surface area contributed by atoms with Crippen LogP contribution in [0.4, 0.5) is 4.39 Å². The number of carbonyl (C=O) groups is 1. The average molecular weight is 424 g/mol. The number of ether oxygens (including phenoxy) is 1. The molecule has 0 atom stereocenters. The Hall–Kier alpha value is -3.59. The SMILES string of the molecule is Cc1cccc(-n2nc(C(=O)N3CCOCC3)c(=O)n(Cc3cccc(F)c3)c2=O)c1. The summed E-state index contributed by atoms with van der Waals surface area (Å²) in [4.78, 5) is 40.8. The fourth-order valence-electron chi connectivity index (χ4n) is 3.45. The highest BCUT2D eigenvalue weighted by molar-refractivity contribution is 5.91. The zero-order valence-electron chi connectivity index (χ0n) is 17.0. The van der Waals surface area contributed by atoms with Crippen molar-refractivity contribution in [2.75, 3.05) is 26.3 Å². The topological polar surface area (TPSA) is 86.4 Å². The molecule has 0 unspecified atom stereocenters. The highest BCUT2D eigenvalue weighted by Gasteiger charge is 2.26. The van der Waals surface area contributed by atoms with Crippen molar-refractivity contribution in [3.63, 3.8) is 0 Å². The third-order valence-electron chi connectivity index (χ3n) is 5.04. The Morgan fingerprint density at radius 1 is 1.10 bits per heavy atom. The van der Waals surface area contributed by atoms with Crippen LogP contribution < -0.4 is 11.2 Å². The van der Waals surface area contributed by atoms with Crippen molar-refractivity contribution in [2.45, 2.75) is 13.5 Å². The van der Waals surface area contributed by atoms with Crippen molar-refractivity contribution in [2.24, 2.45) is 0 Å². The molecule has 1 saturated heterocycles. The first kappa shape index (κ1) is 20.7. The highest BCUT2D eigenvalue weighted by Crippen LogP contribution is 2.09. The molecule has 1 aliphatic heterocycles. The molecular weight excluding hydrogens is 403 g/mol. The average Bonchev–Trinajstić information content (AvgIpc) is 2.77. The van der Waals surface area contributed by atoms with Gasteiger partial charge in [-0.3, -0.25) is 14.2 Å². The number of aryl methyl sites for hydroxylation is 1. The van der Waals surface area contributed by atoms with Crippen LogP contribution >= 0.6 is 0 Å². The Balaban J connectivity index is 1.88. The zero-order chi connectivity index (χ0) is 22.0. The van der Waals surface area contributed by atoms with Crippen LogP contribution in [0.15, 0.2) is 58.1 Å². The number of carbonyl (C=O) groups excluding carboxylic acids is 1. The predicted molar refractivity (Wildman–Crippen MR) is 111 cm³/mol. The molecule has 2 aromatic carbocycles. The molecule has 1 amide bonds. The summed E-state index contributed by atoms with van der Waals surface area (Å²) >= 11 is 0. The van der Waals surface area contributed by atoms with E-state index in [1.807, 2.05) is 13.0 Å². The molecule has 4 rings (SSSR count). The van der Waals surface area contributed by atoms with Gasteiger partial charge >= 0.3 is 5.69 Å². The van der Waals surface area contributed by atoms with Crippen LogP contribution in [0.1, 0.15) is 21.6 Å². The highest BCUT2D eigenvalue weighted by atomic mass is 19.1. The fourth-order valence-corrected chi connectivity index (χ4v) is 3.45. The third kappa shape index (κ3) is 4.31. The largest absolute Gasteiger partial charge is 0.378 e. The zero-order valence-corrected chi connectivity index (χ0v) is 17.0. The second-order valence-corrected chi connectivity index (χ2v) is 7.31. The minimum atomic E-state index is -0.811. The van der Waals surface area contributed by atoms with E-state index in [1.54, 1.807) is 24.3 Å². The molecule has 9 heteroatoms. The first-order chi connectivity index (χ1) is 14.9. The number of hydrogen-bond donors (Lipinski definition) is 0. The van der Waals surface area contributed by atoms with Gasteiger partial charge in [-0.25, -0.2) is 9.18 Å². The standard InChI is InChI=1S/C22H21FN4O4/c1-15-4-2-7-18(12-15)27-22(30)26(14-16-5-3-6-17(23)13-16)21(29)19(24-27)20(28)25-8-10-31-11-9-25/h2-7,12-13H,8-11,14H2,1H3. The maximum absolute atomic E-state index is 13.7. The molecule has 0 N–H and O–H groups in total. The molecule has 0 radical (unpaired) electrons. The molecule has 8 nitrogen and oxygen atoms in total. The predicted octanol–water partition coefficient (Wildman–Crippen LogP) is 1.36. The van der Waals surface area contributed by atoms with E-state index in [4.69, 9.17) is 4.74 Å². The molecule has 0 bridgehead atoms. The molecule has 1 fully saturated rings. The van der Waals surface area contributed by atoms with Gasteiger partial charge in [-0.15, -0.1) is 0 Å². The summed E-state index contributed by atoms with van der Waals surface area (Å²) in [7, 11) is 0. The van der Waals surface area contributed by atoms with E-state index in [9.17, 15) is 18.8 Å². The monoisotopic (exact) mass is 424 g/mol. The molecule has 2 heterocycles. The smallest absolute Gasteiger partial charge is 0.352 e. The molecular formula is C22H21FN4O4. The number of halogens is 1. The number of morpholine rings is 1. The second-order valence-electron chi connectivity index (χ2n) is 7.31. The van der Waals surface area contributed by atoms with Crippen molar-refractivity contribution in [1.82, 2.24) is 19.2 Å². The van der Waals surface area contributed by atoms with E-state index in [0.717, 1.165) is 14.8 Å². The Labute approximate surface area is 177 Å². The molecule has 0 aliphatic carbocycles. The lowest BCUT2D eigenvalue weighted by molar-refractivity contribution is 0.0295. The first-order valence-electron chi connectivity index (χ1n) is 9.87. The maximum atomic E-state index is 13.7. The van der Waals surface area contributed by atoms with Gasteiger partial charge in [0, 0.05) is 13.1 Å². The van der Waals surface area contributed by atoms with Crippen LogP contribution in [0.25, 0.3) is 5.69 Å². The van der Waals surface area contributed by atoms with Crippen LogP contribution in [0.2, 0.25) is 0 Å². The van der Waals surface area contributed by atoms with E-state index in [2.05, 4.69) is 5.10 Å². The number of benzene rings is 2. The minimum absolute atomic E-state index is 0.187.